The van der Waals surface area contributed by atoms with Crippen molar-refractivity contribution in [3.05, 3.63) is 0 Å². The molecule has 0 bridgehead atoms. The van der Waals surface area contributed by atoms with Gasteiger partial charge in [-0.2, -0.15) is 0 Å². The van der Waals surface area contributed by atoms with Gasteiger partial charge >= 0.3 is 0 Å². The largest absolute Gasteiger partial charge is 0.393 e. The molecule has 0 aliphatic rings. The molecule has 0 aliphatic heterocycles. The van der Waals surface area contributed by atoms with Crippen LogP contribution in [0.5, 0.6) is 0 Å². The first-order valence-corrected chi connectivity index (χ1v) is 4.97. The van der Waals surface area contributed by atoms with Gasteiger partial charge in [-0.1, -0.05) is 13.8 Å². The molecule has 2 N–H and O–H groups in total. The van der Waals surface area contributed by atoms with E-state index in [2.05, 4.69) is 26.1 Å². The van der Waals surface area contributed by atoms with E-state index in [4.69, 9.17) is 5.11 Å². The summed E-state index contributed by atoms with van der Waals surface area (Å²) in [7, 11) is 0. The summed E-state index contributed by atoms with van der Waals surface area (Å²) in [6.07, 6.45) is 2.94. The van der Waals surface area contributed by atoms with Crippen LogP contribution in [0.3, 0.4) is 0 Å². The van der Waals surface area contributed by atoms with E-state index >= 15 is 0 Å². The molecule has 2 nitrogen and oxygen atoms in total. The van der Waals surface area contributed by atoms with Crippen LogP contribution in [0.15, 0.2) is 0 Å². The number of aliphatic hydroxyl groups excluding tert-OH is 1. The van der Waals surface area contributed by atoms with Crippen LogP contribution in [0.1, 0.15) is 47.0 Å². The summed E-state index contributed by atoms with van der Waals surface area (Å²) in [6.45, 7) is 9.36. The lowest BCUT2D eigenvalue weighted by atomic mass is 9.95. The van der Waals surface area contributed by atoms with Crippen molar-refractivity contribution in [1.29, 1.82) is 0 Å². The van der Waals surface area contributed by atoms with Gasteiger partial charge in [0.15, 0.2) is 0 Å². The van der Waals surface area contributed by atoms with Crippen LogP contribution in [0.25, 0.3) is 0 Å². The SMILES string of the molecule is CCC(C)(CC)NCCC(C)O. The Balaban J connectivity index is 3.58. The van der Waals surface area contributed by atoms with Gasteiger partial charge in [-0.15, -0.1) is 0 Å². The average Bonchev–Trinajstić information content (AvgIpc) is 2.03. The highest BCUT2D eigenvalue weighted by Crippen LogP contribution is 2.13. The number of hydrogen-bond acceptors (Lipinski definition) is 2. The molecule has 0 aromatic rings. The second kappa shape index (κ2) is 5.55. The van der Waals surface area contributed by atoms with Crippen LogP contribution in [0, 0.1) is 0 Å². The Kier molecular flexibility index (Phi) is 5.51. The van der Waals surface area contributed by atoms with E-state index in [1.807, 2.05) is 6.92 Å². The van der Waals surface area contributed by atoms with Crippen LogP contribution in [0.2, 0.25) is 0 Å². The van der Waals surface area contributed by atoms with Crippen molar-refractivity contribution in [3.8, 4) is 0 Å². The number of rotatable bonds is 6. The van der Waals surface area contributed by atoms with Gasteiger partial charge in [0.2, 0.25) is 0 Å². The monoisotopic (exact) mass is 173 g/mol. The summed E-state index contributed by atoms with van der Waals surface area (Å²) >= 11 is 0. The molecule has 0 aliphatic carbocycles. The molecule has 0 saturated carbocycles. The highest BCUT2D eigenvalue weighted by molar-refractivity contribution is 4.79. The fourth-order valence-corrected chi connectivity index (χ4v) is 1.08. The third-order valence-electron chi connectivity index (χ3n) is 2.67. The van der Waals surface area contributed by atoms with E-state index in [1.165, 1.54) is 0 Å². The van der Waals surface area contributed by atoms with Crippen molar-refractivity contribution in [2.75, 3.05) is 6.54 Å². The molecule has 1 unspecified atom stereocenters. The van der Waals surface area contributed by atoms with Crippen LogP contribution in [-0.4, -0.2) is 23.3 Å². The Morgan fingerprint density at radius 2 is 1.83 bits per heavy atom. The molecule has 0 radical (unpaired) electrons. The quantitative estimate of drug-likeness (QED) is 0.643. The molecule has 0 fully saturated rings. The van der Waals surface area contributed by atoms with Gasteiger partial charge in [0.25, 0.3) is 0 Å². The van der Waals surface area contributed by atoms with Crippen LogP contribution in [-0.2, 0) is 0 Å². The first kappa shape index (κ1) is 11.9. The lowest BCUT2D eigenvalue weighted by Gasteiger charge is -2.28. The number of aliphatic hydroxyl groups is 1. The molecule has 0 saturated heterocycles. The summed E-state index contributed by atoms with van der Waals surface area (Å²) in [5.74, 6) is 0. The molecule has 0 rings (SSSR count). The van der Waals surface area contributed by atoms with Gasteiger partial charge in [-0.3, -0.25) is 0 Å². The zero-order chi connectivity index (χ0) is 9.61. The van der Waals surface area contributed by atoms with E-state index in [0.29, 0.717) is 0 Å². The van der Waals surface area contributed by atoms with Gasteiger partial charge < -0.3 is 10.4 Å². The third kappa shape index (κ3) is 4.73. The fourth-order valence-electron chi connectivity index (χ4n) is 1.08. The van der Waals surface area contributed by atoms with Crippen LogP contribution < -0.4 is 5.32 Å². The Hall–Kier alpha value is -0.0800. The standard InChI is InChI=1S/C10H23NO/c1-5-10(4,6-2)11-8-7-9(3)12/h9,11-12H,5-8H2,1-4H3. The van der Waals surface area contributed by atoms with E-state index in [0.717, 1.165) is 25.8 Å². The zero-order valence-corrected chi connectivity index (χ0v) is 8.85. The van der Waals surface area contributed by atoms with Crippen LogP contribution in [0.4, 0.5) is 0 Å². The summed E-state index contributed by atoms with van der Waals surface area (Å²) in [5.41, 5.74) is 0.259. The lowest BCUT2D eigenvalue weighted by molar-refractivity contribution is 0.177. The Bertz CT molecular complexity index is 108. The Morgan fingerprint density at radius 3 is 2.17 bits per heavy atom. The Morgan fingerprint density at radius 1 is 1.33 bits per heavy atom. The Labute approximate surface area is 76.4 Å². The molecule has 0 amide bonds. The summed E-state index contributed by atoms with van der Waals surface area (Å²) in [6, 6.07) is 0. The fraction of sp³-hybridized carbons (Fsp3) is 1.00. The van der Waals surface area contributed by atoms with Crippen molar-refractivity contribution in [3.63, 3.8) is 0 Å². The third-order valence-corrected chi connectivity index (χ3v) is 2.67. The topological polar surface area (TPSA) is 32.3 Å². The molecule has 74 valence electrons. The van der Waals surface area contributed by atoms with Crippen LogP contribution >= 0.6 is 0 Å². The van der Waals surface area contributed by atoms with Gasteiger partial charge in [0.1, 0.15) is 0 Å². The number of hydrogen-bond donors (Lipinski definition) is 2. The normalized spacial score (nSPS) is 14.8. The van der Waals surface area contributed by atoms with Crippen molar-refractivity contribution < 1.29 is 5.11 Å². The maximum absolute atomic E-state index is 9.05. The van der Waals surface area contributed by atoms with Crippen molar-refractivity contribution in [2.24, 2.45) is 0 Å². The number of nitrogens with one attached hydrogen (secondary N) is 1. The maximum Gasteiger partial charge on any atom is 0.0524 e. The first-order valence-electron chi connectivity index (χ1n) is 4.97. The summed E-state index contributed by atoms with van der Waals surface area (Å²) in [4.78, 5) is 0. The molecular formula is C10H23NO. The van der Waals surface area contributed by atoms with Gasteiger partial charge in [0.05, 0.1) is 6.10 Å². The smallest absolute Gasteiger partial charge is 0.0524 e. The predicted molar refractivity (Wildman–Crippen MR) is 53.3 cm³/mol. The van der Waals surface area contributed by atoms with E-state index in [9.17, 15) is 0 Å². The zero-order valence-electron chi connectivity index (χ0n) is 8.85. The second-order valence-electron chi connectivity index (χ2n) is 3.83. The minimum Gasteiger partial charge on any atom is -0.393 e. The summed E-state index contributed by atoms with van der Waals surface area (Å²) < 4.78 is 0. The average molecular weight is 173 g/mol. The molecule has 1 atom stereocenters. The maximum atomic E-state index is 9.05. The lowest BCUT2D eigenvalue weighted by Crippen LogP contribution is -2.42. The van der Waals surface area contributed by atoms with Gasteiger partial charge in [-0.05, 0) is 39.7 Å². The highest BCUT2D eigenvalue weighted by atomic mass is 16.3. The second-order valence-corrected chi connectivity index (χ2v) is 3.83. The van der Waals surface area contributed by atoms with E-state index in [-0.39, 0.29) is 11.6 Å². The van der Waals surface area contributed by atoms with E-state index in [1.54, 1.807) is 0 Å². The molecule has 12 heavy (non-hydrogen) atoms. The van der Waals surface area contributed by atoms with E-state index < -0.39 is 0 Å². The van der Waals surface area contributed by atoms with Crippen molar-refractivity contribution in [2.45, 2.75) is 58.6 Å². The van der Waals surface area contributed by atoms with Crippen molar-refractivity contribution in [1.82, 2.24) is 5.32 Å². The van der Waals surface area contributed by atoms with Gasteiger partial charge in [-0.25, -0.2) is 0 Å². The minimum absolute atomic E-state index is 0.185. The highest BCUT2D eigenvalue weighted by Gasteiger charge is 2.17. The molecule has 0 heterocycles. The molecule has 0 spiro atoms. The molecule has 0 aromatic heterocycles. The van der Waals surface area contributed by atoms with Crippen molar-refractivity contribution >= 4 is 0 Å². The first-order chi connectivity index (χ1) is 5.54. The molecular weight excluding hydrogens is 150 g/mol. The molecule has 0 aromatic carbocycles. The molecule has 2 heteroatoms. The minimum atomic E-state index is -0.185. The predicted octanol–water partition coefficient (Wildman–Crippen LogP) is 1.93. The van der Waals surface area contributed by atoms with Gasteiger partial charge in [0, 0.05) is 5.54 Å². The summed E-state index contributed by atoms with van der Waals surface area (Å²) in [5, 5.41) is 12.5.